The summed E-state index contributed by atoms with van der Waals surface area (Å²) in [5.74, 6) is 2.35. The third-order valence-corrected chi connectivity index (χ3v) is 5.58. The molecule has 1 N–H and O–H groups in total. The molecule has 1 heterocycles. The van der Waals surface area contributed by atoms with Crippen LogP contribution < -0.4 is 4.74 Å². The molecule has 3 atom stereocenters. The molecular weight excluding hydrogens is 284 g/mol. The fraction of sp³-hybridized carbons (Fsp3) is 0.667. The van der Waals surface area contributed by atoms with E-state index in [2.05, 4.69) is 13.8 Å². The van der Waals surface area contributed by atoms with E-state index in [1.807, 2.05) is 18.2 Å². The van der Waals surface area contributed by atoms with Crippen molar-refractivity contribution < 1.29 is 9.84 Å². The van der Waals surface area contributed by atoms with E-state index in [1.165, 1.54) is 19.3 Å². The molecule has 116 valence electrons. The summed E-state index contributed by atoms with van der Waals surface area (Å²) in [4.78, 5) is 0. The Labute approximate surface area is 132 Å². The van der Waals surface area contributed by atoms with E-state index in [1.54, 1.807) is 0 Å². The molecular formula is C18H25ClO2. The summed E-state index contributed by atoms with van der Waals surface area (Å²) in [6.45, 7) is 4.63. The van der Waals surface area contributed by atoms with E-state index in [0.29, 0.717) is 11.4 Å². The molecule has 0 radical (unpaired) electrons. The van der Waals surface area contributed by atoms with Gasteiger partial charge in [0.25, 0.3) is 0 Å². The van der Waals surface area contributed by atoms with Crippen molar-refractivity contribution >= 4 is 11.6 Å². The lowest BCUT2D eigenvalue weighted by molar-refractivity contribution is -0.0253. The molecule has 21 heavy (non-hydrogen) atoms. The van der Waals surface area contributed by atoms with Crippen LogP contribution >= 0.6 is 11.6 Å². The topological polar surface area (TPSA) is 29.5 Å². The fourth-order valence-electron chi connectivity index (χ4n) is 3.99. The van der Waals surface area contributed by atoms with Crippen molar-refractivity contribution in [3.63, 3.8) is 0 Å². The second-order valence-electron chi connectivity index (χ2n) is 7.12. The molecule has 1 spiro atoms. The van der Waals surface area contributed by atoms with Crippen LogP contribution in [0.3, 0.4) is 0 Å². The highest BCUT2D eigenvalue weighted by Gasteiger charge is 2.42. The van der Waals surface area contributed by atoms with Crippen molar-refractivity contribution in [1.82, 2.24) is 0 Å². The number of hydrogen-bond donors (Lipinski definition) is 1. The molecule has 2 aliphatic rings. The van der Waals surface area contributed by atoms with Crippen LogP contribution in [0.15, 0.2) is 18.2 Å². The zero-order chi connectivity index (χ0) is 15.0. The lowest BCUT2D eigenvalue weighted by Gasteiger charge is -2.40. The van der Waals surface area contributed by atoms with E-state index in [4.69, 9.17) is 16.3 Å². The third kappa shape index (κ3) is 3.07. The summed E-state index contributed by atoms with van der Waals surface area (Å²) in [7, 11) is 0. The predicted octanol–water partition coefficient (Wildman–Crippen LogP) is 5.13. The van der Waals surface area contributed by atoms with Crippen molar-refractivity contribution in [2.24, 2.45) is 11.8 Å². The van der Waals surface area contributed by atoms with Gasteiger partial charge in [0.05, 0.1) is 6.10 Å². The van der Waals surface area contributed by atoms with E-state index < -0.39 is 6.10 Å². The van der Waals surface area contributed by atoms with Crippen LogP contribution in [0.2, 0.25) is 5.02 Å². The Morgan fingerprint density at radius 2 is 2.10 bits per heavy atom. The Balaban J connectivity index is 1.82. The average molecular weight is 309 g/mol. The fourth-order valence-corrected chi connectivity index (χ4v) is 4.17. The van der Waals surface area contributed by atoms with Gasteiger partial charge in [-0.2, -0.15) is 0 Å². The quantitative estimate of drug-likeness (QED) is 0.779. The van der Waals surface area contributed by atoms with Gasteiger partial charge in [0.1, 0.15) is 11.4 Å². The maximum atomic E-state index is 10.5. The summed E-state index contributed by atoms with van der Waals surface area (Å²) in [5.41, 5.74) is 0.668. The number of benzene rings is 1. The Morgan fingerprint density at radius 3 is 2.86 bits per heavy atom. The highest BCUT2D eigenvalue weighted by Crippen LogP contribution is 2.47. The number of hydrogen-bond acceptors (Lipinski definition) is 2. The number of halogens is 1. The maximum Gasteiger partial charge on any atom is 0.126 e. The van der Waals surface area contributed by atoms with Gasteiger partial charge >= 0.3 is 0 Å². The van der Waals surface area contributed by atoms with Crippen LogP contribution in [0, 0.1) is 11.8 Å². The number of fused-ring (bicyclic) bond motifs is 1. The molecule has 1 aliphatic carbocycles. The minimum absolute atomic E-state index is 0.177. The smallest absolute Gasteiger partial charge is 0.126 e. The van der Waals surface area contributed by atoms with Crippen LogP contribution in [-0.4, -0.2) is 10.7 Å². The first kappa shape index (κ1) is 15.2. The van der Waals surface area contributed by atoms with Crippen molar-refractivity contribution in [1.29, 1.82) is 0 Å². The van der Waals surface area contributed by atoms with E-state index in [-0.39, 0.29) is 5.60 Å². The van der Waals surface area contributed by atoms with Crippen LogP contribution in [-0.2, 0) is 0 Å². The molecule has 3 rings (SSSR count). The SMILES string of the molecule is CC(C)C1CCCC2(CC1)C[C@@H](O)c1cc(Cl)ccc1O2. The molecule has 1 saturated carbocycles. The molecule has 1 fully saturated rings. The third-order valence-electron chi connectivity index (χ3n) is 5.34. The van der Waals surface area contributed by atoms with E-state index in [0.717, 1.165) is 36.0 Å². The van der Waals surface area contributed by atoms with Crippen LogP contribution in [0.1, 0.15) is 64.0 Å². The van der Waals surface area contributed by atoms with Gasteiger partial charge in [-0.05, 0) is 55.7 Å². The molecule has 1 aromatic carbocycles. The first-order valence-corrected chi connectivity index (χ1v) is 8.53. The molecule has 0 bridgehead atoms. The number of rotatable bonds is 1. The minimum atomic E-state index is -0.456. The number of aliphatic hydroxyl groups excluding tert-OH is 1. The zero-order valence-electron chi connectivity index (χ0n) is 12.9. The predicted molar refractivity (Wildman–Crippen MR) is 85.8 cm³/mol. The van der Waals surface area contributed by atoms with Crippen molar-refractivity contribution in [3.8, 4) is 5.75 Å². The lowest BCUT2D eigenvalue weighted by atomic mass is 9.82. The second-order valence-corrected chi connectivity index (χ2v) is 7.56. The Morgan fingerprint density at radius 1 is 1.29 bits per heavy atom. The average Bonchev–Trinajstić information content (AvgIpc) is 2.63. The van der Waals surface area contributed by atoms with Crippen molar-refractivity contribution in [2.75, 3.05) is 0 Å². The Bertz CT molecular complexity index is 514. The van der Waals surface area contributed by atoms with Gasteiger partial charge in [0.15, 0.2) is 0 Å². The summed E-state index contributed by atoms with van der Waals surface area (Å²) in [6, 6.07) is 5.59. The summed E-state index contributed by atoms with van der Waals surface area (Å²) in [5, 5.41) is 11.2. The van der Waals surface area contributed by atoms with Crippen LogP contribution in [0.4, 0.5) is 0 Å². The van der Waals surface area contributed by atoms with Gasteiger partial charge in [-0.1, -0.05) is 31.9 Å². The number of aliphatic hydroxyl groups is 1. The van der Waals surface area contributed by atoms with Crippen LogP contribution in [0.25, 0.3) is 0 Å². The van der Waals surface area contributed by atoms with Gasteiger partial charge < -0.3 is 9.84 Å². The monoisotopic (exact) mass is 308 g/mol. The highest BCUT2D eigenvalue weighted by molar-refractivity contribution is 6.30. The van der Waals surface area contributed by atoms with Gasteiger partial charge in [0.2, 0.25) is 0 Å². The summed E-state index contributed by atoms with van der Waals surface area (Å²) >= 11 is 6.03. The maximum absolute atomic E-state index is 10.5. The molecule has 3 heteroatoms. The largest absolute Gasteiger partial charge is 0.487 e. The highest BCUT2D eigenvalue weighted by atomic mass is 35.5. The molecule has 0 amide bonds. The summed E-state index contributed by atoms with van der Waals surface area (Å²) in [6.07, 6.45) is 6.02. The van der Waals surface area contributed by atoms with Gasteiger partial charge in [-0.15, -0.1) is 0 Å². The molecule has 0 saturated heterocycles. The summed E-state index contributed by atoms with van der Waals surface area (Å²) < 4.78 is 6.38. The van der Waals surface area contributed by atoms with Gasteiger partial charge in [0, 0.05) is 17.0 Å². The Hall–Kier alpha value is -0.730. The zero-order valence-corrected chi connectivity index (χ0v) is 13.7. The van der Waals surface area contributed by atoms with Gasteiger partial charge in [-0.25, -0.2) is 0 Å². The first-order valence-electron chi connectivity index (χ1n) is 8.16. The Kier molecular flexibility index (Phi) is 4.20. The van der Waals surface area contributed by atoms with E-state index in [9.17, 15) is 5.11 Å². The van der Waals surface area contributed by atoms with E-state index >= 15 is 0 Å². The normalized spacial score (nSPS) is 32.6. The lowest BCUT2D eigenvalue weighted by Crippen LogP contribution is -2.40. The number of ether oxygens (including phenoxy) is 1. The van der Waals surface area contributed by atoms with Crippen molar-refractivity contribution in [2.45, 2.75) is 64.1 Å². The standard InChI is InChI=1S/C18H25ClO2/c1-12(2)13-4-3-8-18(9-7-13)11-16(20)15-10-14(19)5-6-17(15)21-18/h5-6,10,12-13,16,20H,3-4,7-9,11H2,1-2H3/t13?,16-,18?/m1/s1. The molecule has 0 aromatic heterocycles. The van der Waals surface area contributed by atoms with Crippen molar-refractivity contribution in [3.05, 3.63) is 28.8 Å². The minimum Gasteiger partial charge on any atom is -0.487 e. The second kappa shape index (κ2) is 5.81. The first-order chi connectivity index (χ1) is 9.99. The molecule has 2 nitrogen and oxygen atoms in total. The molecule has 2 unspecified atom stereocenters. The molecule has 1 aliphatic heterocycles. The van der Waals surface area contributed by atoms with Gasteiger partial charge in [-0.3, -0.25) is 0 Å². The van der Waals surface area contributed by atoms with Crippen LogP contribution in [0.5, 0.6) is 5.75 Å². The molecule has 1 aromatic rings.